The van der Waals surface area contributed by atoms with Crippen LogP contribution in [0.5, 0.6) is 0 Å². The lowest BCUT2D eigenvalue weighted by molar-refractivity contribution is -0.115. The number of carbonyl (C=O) groups excluding carboxylic acids is 2. The van der Waals surface area contributed by atoms with Crippen molar-refractivity contribution in [3.63, 3.8) is 0 Å². The summed E-state index contributed by atoms with van der Waals surface area (Å²) in [5.74, 6) is -1.40. The molecule has 0 atom stereocenters. The van der Waals surface area contributed by atoms with E-state index in [0.29, 0.717) is 22.0 Å². The van der Waals surface area contributed by atoms with Crippen molar-refractivity contribution >= 4 is 62.0 Å². The SMILES string of the molecule is CCCN1CCc2c(sc(NC(=O)CCS(=O)(=O)c3ccc(Cl)cc3)c2C(N)=O)C1.Cl. The topological polar surface area (TPSA) is 110 Å². The number of fused-ring (bicyclic) bond motifs is 1. The molecule has 2 heterocycles. The average Bonchev–Trinajstić information content (AvgIpc) is 3.04. The van der Waals surface area contributed by atoms with Gasteiger partial charge < -0.3 is 11.1 Å². The number of nitrogens with two attached hydrogens (primary N) is 1. The van der Waals surface area contributed by atoms with E-state index in [4.69, 9.17) is 17.3 Å². The lowest BCUT2D eigenvalue weighted by Crippen LogP contribution is -2.31. The van der Waals surface area contributed by atoms with Crippen LogP contribution >= 0.6 is 35.3 Å². The molecule has 0 saturated carbocycles. The van der Waals surface area contributed by atoms with Crippen LogP contribution in [0.15, 0.2) is 29.2 Å². The second-order valence-corrected chi connectivity index (χ2v) is 10.8. The molecule has 170 valence electrons. The van der Waals surface area contributed by atoms with Gasteiger partial charge in [0.15, 0.2) is 9.84 Å². The van der Waals surface area contributed by atoms with Crippen LogP contribution < -0.4 is 11.1 Å². The van der Waals surface area contributed by atoms with Gasteiger partial charge in [-0.2, -0.15) is 0 Å². The Balaban J connectivity index is 0.00000341. The molecular weight excluding hydrogens is 481 g/mol. The number of primary amides is 1. The highest BCUT2D eigenvalue weighted by molar-refractivity contribution is 7.91. The largest absolute Gasteiger partial charge is 0.365 e. The first-order valence-corrected chi connectivity index (χ1v) is 12.5. The fourth-order valence-electron chi connectivity index (χ4n) is 3.49. The van der Waals surface area contributed by atoms with E-state index in [-0.39, 0.29) is 29.5 Å². The number of nitrogens with zero attached hydrogens (tertiary/aromatic N) is 1. The number of hydrogen-bond acceptors (Lipinski definition) is 6. The van der Waals surface area contributed by atoms with E-state index in [0.717, 1.165) is 36.5 Å². The van der Waals surface area contributed by atoms with Crippen molar-refractivity contribution < 1.29 is 18.0 Å². The van der Waals surface area contributed by atoms with Crippen molar-refractivity contribution in [1.29, 1.82) is 0 Å². The molecule has 1 aliphatic rings. The summed E-state index contributed by atoms with van der Waals surface area (Å²) < 4.78 is 24.9. The molecule has 0 bridgehead atoms. The van der Waals surface area contributed by atoms with E-state index in [1.807, 2.05) is 0 Å². The second kappa shape index (κ2) is 10.8. The van der Waals surface area contributed by atoms with Crippen molar-refractivity contribution in [2.45, 2.75) is 37.6 Å². The average molecular weight is 506 g/mol. The first-order valence-electron chi connectivity index (χ1n) is 9.66. The van der Waals surface area contributed by atoms with Gasteiger partial charge in [-0.1, -0.05) is 18.5 Å². The van der Waals surface area contributed by atoms with Gasteiger partial charge in [0.05, 0.1) is 16.2 Å². The minimum atomic E-state index is -3.62. The number of benzene rings is 1. The van der Waals surface area contributed by atoms with Gasteiger partial charge in [0.2, 0.25) is 5.91 Å². The van der Waals surface area contributed by atoms with Crippen LogP contribution in [-0.2, 0) is 27.6 Å². The lowest BCUT2D eigenvalue weighted by Gasteiger charge is -2.26. The highest BCUT2D eigenvalue weighted by atomic mass is 35.5. The number of nitrogens with one attached hydrogen (secondary N) is 1. The van der Waals surface area contributed by atoms with Crippen LogP contribution in [0.25, 0.3) is 0 Å². The molecule has 2 amide bonds. The van der Waals surface area contributed by atoms with Crippen molar-refractivity contribution in [1.82, 2.24) is 4.90 Å². The third kappa shape index (κ3) is 6.20. The lowest BCUT2D eigenvalue weighted by atomic mass is 10.0. The Morgan fingerprint density at radius 3 is 2.55 bits per heavy atom. The number of anilines is 1. The number of thiophene rings is 1. The highest BCUT2D eigenvalue weighted by Crippen LogP contribution is 2.37. The van der Waals surface area contributed by atoms with Crippen LogP contribution in [0.1, 0.15) is 40.6 Å². The fourth-order valence-corrected chi connectivity index (χ4v) is 6.17. The van der Waals surface area contributed by atoms with Crippen LogP contribution in [-0.4, -0.2) is 44.0 Å². The maximum atomic E-state index is 12.4. The quantitative estimate of drug-likeness (QED) is 0.570. The van der Waals surface area contributed by atoms with Crippen molar-refractivity contribution in [2.75, 3.05) is 24.2 Å². The predicted molar refractivity (Wildman–Crippen MR) is 126 cm³/mol. The molecule has 0 fully saturated rings. The minimum Gasteiger partial charge on any atom is -0.365 e. The number of carbonyl (C=O) groups is 2. The van der Waals surface area contributed by atoms with Gasteiger partial charge in [0, 0.05) is 29.4 Å². The fraction of sp³-hybridized carbons (Fsp3) is 0.400. The Labute approximate surface area is 197 Å². The Hall–Kier alpha value is -1.65. The summed E-state index contributed by atoms with van der Waals surface area (Å²) in [5, 5.41) is 3.54. The third-order valence-electron chi connectivity index (χ3n) is 4.95. The molecule has 1 aromatic carbocycles. The number of sulfone groups is 1. The third-order valence-corrected chi connectivity index (χ3v) is 8.06. The zero-order valence-corrected chi connectivity index (χ0v) is 20.2. The van der Waals surface area contributed by atoms with E-state index in [9.17, 15) is 18.0 Å². The molecule has 0 aliphatic carbocycles. The summed E-state index contributed by atoms with van der Waals surface area (Å²) in [6, 6.07) is 5.81. The van der Waals surface area contributed by atoms with Gasteiger partial charge >= 0.3 is 0 Å². The highest BCUT2D eigenvalue weighted by Gasteiger charge is 2.27. The van der Waals surface area contributed by atoms with E-state index in [1.54, 1.807) is 0 Å². The molecule has 2 aromatic rings. The minimum absolute atomic E-state index is 0. The summed E-state index contributed by atoms with van der Waals surface area (Å²) in [6.07, 6.45) is 1.51. The van der Waals surface area contributed by atoms with Crippen molar-refractivity contribution in [3.05, 3.63) is 45.3 Å². The molecule has 3 N–H and O–H groups in total. The Morgan fingerprint density at radius 2 is 1.94 bits per heavy atom. The summed E-state index contributed by atoms with van der Waals surface area (Å²) in [7, 11) is -3.62. The molecule has 3 rings (SSSR count). The summed E-state index contributed by atoms with van der Waals surface area (Å²) in [6.45, 7) is 4.63. The molecule has 7 nitrogen and oxygen atoms in total. The summed E-state index contributed by atoms with van der Waals surface area (Å²) in [5.41, 5.74) is 6.82. The Bertz CT molecular complexity index is 1050. The predicted octanol–water partition coefficient (Wildman–Crippen LogP) is 3.49. The molecule has 11 heteroatoms. The zero-order valence-electron chi connectivity index (χ0n) is 17.0. The number of rotatable bonds is 8. The van der Waals surface area contributed by atoms with Crippen LogP contribution in [0.2, 0.25) is 5.02 Å². The van der Waals surface area contributed by atoms with Crippen LogP contribution in [0, 0.1) is 0 Å². The van der Waals surface area contributed by atoms with E-state index in [1.165, 1.54) is 35.6 Å². The van der Waals surface area contributed by atoms with E-state index in [2.05, 4.69) is 17.1 Å². The Kier molecular flexibility index (Phi) is 8.91. The molecule has 31 heavy (non-hydrogen) atoms. The van der Waals surface area contributed by atoms with Crippen molar-refractivity contribution in [2.24, 2.45) is 5.73 Å². The Morgan fingerprint density at radius 1 is 1.26 bits per heavy atom. The maximum absolute atomic E-state index is 12.4. The number of amides is 2. The summed E-state index contributed by atoms with van der Waals surface area (Å²) in [4.78, 5) is 27.9. The van der Waals surface area contributed by atoms with E-state index >= 15 is 0 Å². The molecule has 0 radical (unpaired) electrons. The molecule has 0 spiro atoms. The van der Waals surface area contributed by atoms with Crippen molar-refractivity contribution in [3.8, 4) is 0 Å². The van der Waals surface area contributed by atoms with Crippen LogP contribution in [0.4, 0.5) is 5.00 Å². The van der Waals surface area contributed by atoms with Gasteiger partial charge in [0.1, 0.15) is 5.00 Å². The maximum Gasteiger partial charge on any atom is 0.251 e. The normalized spacial score (nSPS) is 13.9. The van der Waals surface area contributed by atoms with Gasteiger partial charge in [-0.15, -0.1) is 23.7 Å². The molecule has 1 aromatic heterocycles. The zero-order chi connectivity index (χ0) is 21.9. The smallest absolute Gasteiger partial charge is 0.251 e. The van der Waals surface area contributed by atoms with Gasteiger partial charge in [0.25, 0.3) is 5.91 Å². The van der Waals surface area contributed by atoms with E-state index < -0.39 is 21.7 Å². The van der Waals surface area contributed by atoms with Gasteiger partial charge in [-0.25, -0.2) is 8.42 Å². The van der Waals surface area contributed by atoms with Gasteiger partial charge in [-0.3, -0.25) is 14.5 Å². The molecule has 1 aliphatic heterocycles. The number of hydrogen-bond donors (Lipinski definition) is 2. The molecule has 0 unspecified atom stereocenters. The summed E-state index contributed by atoms with van der Waals surface area (Å²) >= 11 is 7.13. The first-order chi connectivity index (χ1) is 14.2. The number of halogens is 2. The standard InChI is InChI=1S/C20H24ClN3O4S2.ClH/c1-2-9-24-10-7-15-16(12-24)29-20(18(15)19(22)26)23-17(25)8-11-30(27,28)14-5-3-13(21)4-6-14;/h3-6H,2,7-12H2,1H3,(H2,22,26)(H,23,25);1H. The monoisotopic (exact) mass is 505 g/mol. The van der Waals surface area contributed by atoms with Gasteiger partial charge in [-0.05, 0) is 49.2 Å². The molecule has 0 saturated heterocycles. The second-order valence-electron chi connectivity index (χ2n) is 7.17. The first kappa shape index (κ1) is 25.6. The van der Waals surface area contributed by atoms with Crippen LogP contribution in [0.3, 0.4) is 0 Å². The molecular formula is C20H25Cl2N3O4S2.